The van der Waals surface area contributed by atoms with Crippen molar-refractivity contribution in [2.45, 2.75) is 49.4 Å². The summed E-state index contributed by atoms with van der Waals surface area (Å²) in [5.74, 6) is 0. The Balaban J connectivity index is 1.60. The van der Waals surface area contributed by atoms with Gasteiger partial charge in [0.1, 0.15) is 4.21 Å². The van der Waals surface area contributed by atoms with Gasteiger partial charge >= 0.3 is 0 Å². The summed E-state index contributed by atoms with van der Waals surface area (Å²) in [5.41, 5.74) is 2.79. The van der Waals surface area contributed by atoms with Gasteiger partial charge in [-0.2, -0.15) is 5.10 Å². The molecule has 1 aliphatic rings. The lowest BCUT2D eigenvalue weighted by Gasteiger charge is -2.14. The number of nitrogens with zero attached hydrogens (tertiary/aromatic N) is 3. The molecular formula is C19H22N4O2S2. The standard InChI is InChI=1S/C19H22N4O2S2/c1-14-6-7-19(26-14)27(24,25)21-13-16-12-18(15-8-10-20-11-9-15)23(22-16)17-4-2-3-5-17/h6-12,17,21H,2-5,13H2,1H3. The summed E-state index contributed by atoms with van der Waals surface area (Å²) < 4.78 is 30.1. The van der Waals surface area contributed by atoms with Gasteiger partial charge in [-0.1, -0.05) is 12.8 Å². The Kier molecular flexibility index (Phi) is 5.12. The van der Waals surface area contributed by atoms with Gasteiger partial charge in [0, 0.05) is 22.8 Å². The zero-order valence-corrected chi connectivity index (χ0v) is 16.8. The molecule has 1 fully saturated rings. The van der Waals surface area contributed by atoms with Crippen molar-refractivity contribution in [1.82, 2.24) is 19.5 Å². The number of sulfonamides is 1. The number of thiophene rings is 1. The Morgan fingerprint density at radius 3 is 2.59 bits per heavy atom. The van der Waals surface area contributed by atoms with Gasteiger partial charge in [-0.3, -0.25) is 9.67 Å². The number of hydrogen-bond donors (Lipinski definition) is 1. The number of hydrogen-bond acceptors (Lipinski definition) is 5. The summed E-state index contributed by atoms with van der Waals surface area (Å²) in [6.45, 7) is 2.07. The Labute approximate surface area is 163 Å². The van der Waals surface area contributed by atoms with Crippen LogP contribution >= 0.6 is 11.3 Å². The van der Waals surface area contributed by atoms with E-state index in [1.54, 1.807) is 18.5 Å². The first-order chi connectivity index (χ1) is 13.0. The first-order valence-electron chi connectivity index (χ1n) is 9.08. The Morgan fingerprint density at radius 2 is 1.93 bits per heavy atom. The van der Waals surface area contributed by atoms with Crippen molar-refractivity contribution in [2.75, 3.05) is 0 Å². The van der Waals surface area contributed by atoms with Crippen LogP contribution in [0.4, 0.5) is 0 Å². The normalized spacial score (nSPS) is 15.4. The van der Waals surface area contributed by atoms with Crippen LogP contribution in [0.25, 0.3) is 11.3 Å². The van der Waals surface area contributed by atoms with Crippen LogP contribution in [-0.2, 0) is 16.6 Å². The molecular weight excluding hydrogens is 380 g/mol. The van der Waals surface area contributed by atoms with E-state index in [-0.39, 0.29) is 6.54 Å². The highest BCUT2D eigenvalue weighted by Gasteiger charge is 2.23. The van der Waals surface area contributed by atoms with Gasteiger partial charge in [0.15, 0.2) is 0 Å². The second kappa shape index (κ2) is 7.53. The Bertz CT molecular complexity index is 1020. The number of pyridine rings is 1. The number of rotatable bonds is 6. The average molecular weight is 403 g/mol. The SMILES string of the molecule is Cc1ccc(S(=O)(=O)NCc2cc(-c3ccncc3)n(C3CCCC3)n2)s1. The minimum atomic E-state index is -3.52. The molecule has 1 aliphatic carbocycles. The summed E-state index contributed by atoms with van der Waals surface area (Å²) in [4.78, 5) is 5.06. The molecule has 0 bridgehead atoms. The van der Waals surface area contributed by atoms with Crippen LogP contribution < -0.4 is 4.72 Å². The molecule has 3 aromatic heterocycles. The lowest BCUT2D eigenvalue weighted by Crippen LogP contribution is -2.22. The van der Waals surface area contributed by atoms with Crippen molar-refractivity contribution in [3.05, 3.63) is 53.3 Å². The molecule has 6 nitrogen and oxygen atoms in total. The minimum absolute atomic E-state index is 0.178. The summed E-state index contributed by atoms with van der Waals surface area (Å²) in [6.07, 6.45) is 8.17. The highest BCUT2D eigenvalue weighted by atomic mass is 32.2. The Morgan fingerprint density at radius 1 is 1.19 bits per heavy atom. The zero-order chi connectivity index (χ0) is 18.9. The first kappa shape index (κ1) is 18.3. The van der Waals surface area contributed by atoms with E-state index in [2.05, 4.69) is 14.4 Å². The second-order valence-electron chi connectivity index (χ2n) is 6.83. The minimum Gasteiger partial charge on any atom is -0.265 e. The van der Waals surface area contributed by atoms with Crippen molar-refractivity contribution < 1.29 is 8.42 Å². The van der Waals surface area contributed by atoms with Crippen molar-refractivity contribution in [2.24, 2.45) is 0 Å². The number of aromatic nitrogens is 3. The van der Waals surface area contributed by atoms with Gasteiger partial charge in [-0.15, -0.1) is 11.3 Å². The molecule has 0 radical (unpaired) electrons. The zero-order valence-electron chi connectivity index (χ0n) is 15.1. The van der Waals surface area contributed by atoms with Gasteiger partial charge in [-0.05, 0) is 50.1 Å². The van der Waals surface area contributed by atoms with Crippen LogP contribution in [0.2, 0.25) is 0 Å². The largest absolute Gasteiger partial charge is 0.265 e. The van der Waals surface area contributed by atoms with E-state index in [0.29, 0.717) is 10.3 Å². The molecule has 8 heteroatoms. The fourth-order valence-corrected chi connectivity index (χ4v) is 5.82. The van der Waals surface area contributed by atoms with E-state index in [1.165, 1.54) is 24.2 Å². The highest BCUT2D eigenvalue weighted by Crippen LogP contribution is 2.33. The van der Waals surface area contributed by atoms with Crippen molar-refractivity contribution in [1.29, 1.82) is 0 Å². The van der Waals surface area contributed by atoms with E-state index < -0.39 is 10.0 Å². The molecule has 0 unspecified atom stereocenters. The molecule has 0 amide bonds. The van der Waals surface area contributed by atoms with Crippen LogP contribution in [0.1, 0.15) is 42.3 Å². The molecule has 3 aromatic rings. The quantitative estimate of drug-likeness (QED) is 0.678. The lowest BCUT2D eigenvalue weighted by atomic mass is 10.1. The first-order valence-corrected chi connectivity index (χ1v) is 11.4. The fourth-order valence-electron chi connectivity index (χ4n) is 3.49. The summed E-state index contributed by atoms with van der Waals surface area (Å²) in [6, 6.07) is 9.74. The van der Waals surface area contributed by atoms with Gasteiger partial charge < -0.3 is 0 Å². The van der Waals surface area contributed by atoms with E-state index in [1.807, 2.05) is 31.2 Å². The van der Waals surface area contributed by atoms with E-state index >= 15 is 0 Å². The van der Waals surface area contributed by atoms with E-state index in [4.69, 9.17) is 5.10 Å². The number of aryl methyl sites for hydroxylation is 1. The second-order valence-corrected chi connectivity index (χ2v) is 10.1. The van der Waals surface area contributed by atoms with Gasteiger partial charge in [-0.25, -0.2) is 13.1 Å². The number of nitrogens with one attached hydrogen (secondary N) is 1. The third kappa shape index (κ3) is 3.97. The molecule has 0 aromatic carbocycles. The van der Waals surface area contributed by atoms with Crippen LogP contribution in [0, 0.1) is 6.92 Å². The maximum Gasteiger partial charge on any atom is 0.250 e. The maximum atomic E-state index is 12.5. The molecule has 0 atom stereocenters. The molecule has 0 saturated heterocycles. The highest BCUT2D eigenvalue weighted by molar-refractivity contribution is 7.91. The third-order valence-electron chi connectivity index (χ3n) is 4.86. The van der Waals surface area contributed by atoms with Crippen LogP contribution in [0.5, 0.6) is 0 Å². The predicted molar refractivity (Wildman–Crippen MR) is 106 cm³/mol. The van der Waals surface area contributed by atoms with Crippen molar-refractivity contribution in [3.63, 3.8) is 0 Å². The molecule has 27 heavy (non-hydrogen) atoms. The molecule has 142 valence electrons. The fraction of sp³-hybridized carbons (Fsp3) is 0.368. The average Bonchev–Trinajstić information content (AvgIpc) is 3.41. The molecule has 0 aliphatic heterocycles. The third-order valence-corrected chi connectivity index (χ3v) is 7.75. The Hall–Kier alpha value is -2.03. The van der Waals surface area contributed by atoms with E-state index in [0.717, 1.165) is 34.7 Å². The van der Waals surface area contributed by atoms with Crippen LogP contribution in [0.15, 0.2) is 46.9 Å². The molecule has 0 spiro atoms. The lowest BCUT2D eigenvalue weighted by molar-refractivity contribution is 0.467. The van der Waals surface area contributed by atoms with Gasteiger partial charge in [0.05, 0.1) is 24.0 Å². The van der Waals surface area contributed by atoms with Gasteiger partial charge in [0.25, 0.3) is 0 Å². The molecule has 3 heterocycles. The van der Waals surface area contributed by atoms with Crippen LogP contribution in [-0.4, -0.2) is 23.2 Å². The summed E-state index contributed by atoms with van der Waals surface area (Å²) in [5, 5.41) is 4.74. The van der Waals surface area contributed by atoms with E-state index in [9.17, 15) is 8.42 Å². The van der Waals surface area contributed by atoms with Crippen molar-refractivity contribution >= 4 is 21.4 Å². The monoisotopic (exact) mass is 402 g/mol. The van der Waals surface area contributed by atoms with Crippen molar-refractivity contribution in [3.8, 4) is 11.3 Å². The summed E-state index contributed by atoms with van der Waals surface area (Å²) in [7, 11) is -3.52. The smallest absolute Gasteiger partial charge is 0.250 e. The molecule has 1 N–H and O–H groups in total. The van der Waals surface area contributed by atoms with Crippen LogP contribution in [0.3, 0.4) is 0 Å². The summed E-state index contributed by atoms with van der Waals surface area (Å²) >= 11 is 1.27. The van der Waals surface area contributed by atoms with Gasteiger partial charge in [0.2, 0.25) is 10.0 Å². The topological polar surface area (TPSA) is 76.9 Å². The molecule has 1 saturated carbocycles. The predicted octanol–water partition coefficient (Wildman–Crippen LogP) is 3.91. The maximum absolute atomic E-state index is 12.5. The molecule has 4 rings (SSSR count).